The fourth-order valence-corrected chi connectivity index (χ4v) is 4.55. The number of piperazine rings is 1. The van der Waals surface area contributed by atoms with E-state index >= 15 is 4.39 Å². The normalized spacial score (nSPS) is 17.9. The second-order valence-corrected chi connectivity index (χ2v) is 8.94. The number of fused-ring (bicyclic) bond motifs is 1. The summed E-state index contributed by atoms with van der Waals surface area (Å²) in [5.41, 5.74) is 1.47. The van der Waals surface area contributed by atoms with Gasteiger partial charge in [-0.25, -0.2) is 9.18 Å². The smallest absolute Gasteiger partial charge is 0.416 e. The van der Waals surface area contributed by atoms with Crippen molar-refractivity contribution >= 4 is 51.7 Å². The number of amides is 2. The van der Waals surface area contributed by atoms with Crippen LogP contribution in [0.25, 0.3) is 11.0 Å². The van der Waals surface area contributed by atoms with Crippen molar-refractivity contribution in [2.45, 2.75) is 6.23 Å². The van der Waals surface area contributed by atoms with Crippen LogP contribution in [0.1, 0.15) is 10.6 Å². The van der Waals surface area contributed by atoms with E-state index in [4.69, 9.17) is 26.1 Å². The van der Waals surface area contributed by atoms with Gasteiger partial charge in [-0.1, -0.05) is 18.2 Å². The van der Waals surface area contributed by atoms with Gasteiger partial charge in [0.15, 0.2) is 12.0 Å². The molecule has 2 fully saturated rings. The number of cyclic esters (lactones) is 1. The molecule has 0 unspecified atom stereocenters. The Labute approximate surface area is 212 Å². The van der Waals surface area contributed by atoms with Crippen molar-refractivity contribution in [1.29, 1.82) is 0 Å². The summed E-state index contributed by atoms with van der Waals surface area (Å²) < 4.78 is 31.2. The summed E-state index contributed by atoms with van der Waals surface area (Å²) in [4.78, 5) is 31.8. The molecular formula is C25H25FN4O5S. The first-order chi connectivity index (χ1) is 17.4. The van der Waals surface area contributed by atoms with Crippen LogP contribution in [0, 0.1) is 5.82 Å². The van der Waals surface area contributed by atoms with Crippen molar-refractivity contribution in [2.75, 3.05) is 56.7 Å². The lowest BCUT2D eigenvalue weighted by Gasteiger charge is -2.36. The molecule has 188 valence electrons. The Morgan fingerprint density at radius 2 is 1.89 bits per heavy atom. The molecule has 2 aliphatic heterocycles. The third kappa shape index (κ3) is 4.41. The summed E-state index contributed by atoms with van der Waals surface area (Å²) in [5.74, 6) is -0.337. The summed E-state index contributed by atoms with van der Waals surface area (Å²) in [6.45, 7) is 1.98. The number of ether oxygens (including phenoxy) is 2. The van der Waals surface area contributed by atoms with E-state index in [-0.39, 0.29) is 17.6 Å². The molecule has 36 heavy (non-hydrogen) atoms. The number of likely N-dealkylation sites (N-methyl/N-ethyl adjacent to an activating group) is 1. The number of para-hydroxylation sites is 1. The van der Waals surface area contributed by atoms with Gasteiger partial charge in [-0.3, -0.25) is 14.6 Å². The molecule has 2 aromatic carbocycles. The van der Waals surface area contributed by atoms with Crippen molar-refractivity contribution in [3.05, 3.63) is 60.1 Å². The Bertz CT molecular complexity index is 1290. The van der Waals surface area contributed by atoms with Crippen LogP contribution in [0.5, 0.6) is 0 Å². The van der Waals surface area contributed by atoms with Crippen molar-refractivity contribution < 1.29 is 27.9 Å². The van der Waals surface area contributed by atoms with E-state index in [9.17, 15) is 9.59 Å². The van der Waals surface area contributed by atoms with Crippen molar-refractivity contribution in [2.24, 2.45) is 0 Å². The largest absolute Gasteiger partial charge is 0.474 e. The highest BCUT2D eigenvalue weighted by Crippen LogP contribution is 2.29. The summed E-state index contributed by atoms with van der Waals surface area (Å²) in [7, 11) is 3.10. The number of benzene rings is 2. The predicted molar refractivity (Wildman–Crippen MR) is 136 cm³/mol. The van der Waals surface area contributed by atoms with E-state index in [1.807, 2.05) is 29.2 Å². The molecule has 1 aromatic heterocycles. The third-order valence-corrected chi connectivity index (χ3v) is 6.93. The van der Waals surface area contributed by atoms with Gasteiger partial charge < -0.3 is 23.7 Å². The molecule has 2 saturated heterocycles. The minimum atomic E-state index is -0.634. The van der Waals surface area contributed by atoms with E-state index < -0.39 is 18.1 Å². The average molecular weight is 513 g/mol. The lowest BCUT2D eigenvalue weighted by Crippen LogP contribution is -2.49. The second kappa shape index (κ2) is 9.65. The molecule has 1 atom stereocenters. The van der Waals surface area contributed by atoms with Crippen LogP contribution in [0.4, 0.5) is 20.6 Å². The van der Waals surface area contributed by atoms with Gasteiger partial charge in [0.1, 0.15) is 11.4 Å². The Hall–Kier alpha value is -3.86. The van der Waals surface area contributed by atoms with E-state index in [1.165, 1.54) is 23.0 Å². The van der Waals surface area contributed by atoms with Crippen LogP contribution in [0.2, 0.25) is 0 Å². The first kappa shape index (κ1) is 23.9. The molecule has 9 nitrogen and oxygen atoms in total. The maximum atomic E-state index is 15.1. The Morgan fingerprint density at radius 1 is 1.14 bits per heavy atom. The minimum absolute atomic E-state index is 0.179. The molecule has 0 spiro atoms. The number of anilines is 2. The van der Waals surface area contributed by atoms with Gasteiger partial charge >= 0.3 is 6.09 Å². The summed E-state index contributed by atoms with van der Waals surface area (Å²) in [6.07, 6.45) is -1.22. The van der Waals surface area contributed by atoms with Crippen LogP contribution in [-0.2, 0) is 9.47 Å². The molecule has 3 heterocycles. The molecular weight excluding hydrogens is 487 g/mol. The fraction of sp³-hybridized carbons (Fsp3) is 0.320. The number of furan rings is 1. The quantitative estimate of drug-likeness (QED) is 0.490. The summed E-state index contributed by atoms with van der Waals surface area (Å²) in [5, 5.41) is 1.07. The highest BCUT2D eigenvalue weighted by atomic mass is 32.1. The Balaban J connectivity index is 1.23. The summed E-state index contributed by atoms with van der Waals surface area (Å²) in [6, 6.07) is 13.9. The Morgan fingerprint density at radius 3 is 2.58 bits per heavy atom. The van der Waals surface area contributed by atoms with Gasteiger partial charge in [0.05, 0.1) is 25.0 Å². The molecule has 0 N–H and O–H groups in total. The number of carbonyl (C=O) groups excluding carboxylic acids is 2. The van der Waals surface area contributed by atoms with Crippen LogP contribution in [0.15, 0.2) is 52.9 Å². The molecule has 3 aromatic rings. The number of hydrogen-bond donors (Lipinski definition) is 0. The van der Waals surface area contributed by atoms with Crippen LogP contribution >= 0.6 is 12.2 Å². The molecule has 0 radical (unpaired) electrons. The first-order valence-corrected chi connectivity index (χ1v) is 11.9. The van der Waals surface area contributed by atoms with Crippen LogP contribution in [0.3, 0.4) is 0 Å². The van der Waals surface area contributed by atoms with E-state index in [1.54, 1.807) is 30.1 Å². The zero-order valence-electron chi connectivity index (χ0n) is 19.8. The number of methoxy groups -OCH3 is 1. The first-order valence-electron chi connectivity index (χ1n) is 11.5. The lowest BCUT2D eigenvalue weighted by atomic mass is 10.2. The second-order valence-electron chi connectivity index (χ2n) is 8.59. The van der Waals surface area contributed by atoms with Crippen LogP contribution < -0.4 is 9.80 Å². The summed E-state index contributed by atoms with van der Waals surface area (Å²) >= 11 is 5.08. The van der Waals surface area contributed by atoms with Crippen molar-refractivity contribution in [3.63, 3.8) is 0 Å². The van der Waals surface area contributed by atoms with Gasteiger partial charge in [-0.15, -0.1) is 0 Å². The third-order valence-electron chi connectivity index (χ3n) is 6.48. The van der Waals surface area contributed by atoms with Gasteiger partial charge in [0.2, 0.25) is 0 Å². The van der Waals surface area contributed by atoms with E-state index in [0.717, 1.165) is 5.39 Å². The SMILES string of the molecule is COC(=S)N(C)[C@@H]1CN(c2ccc(N3CCN(C(=O)c4cc5ccccc5o4)CC3)c(F)c2)C(=O)O1. The van der Waals surface area contributed by atoms with Gasteiger partial charge in [-0.2, -0.15) is 0 Å². The molecule has 0 bridgehead atoms. The lowest BCUT2D eigenvalue weighted by molar-refractivity contribution is 0.0677. The van der Waals surface area contributed by atoms with Gasteiger partial charge in [0.25, 0.3) is 11.1 Å². The number of nitrogens with zero attached hydrogens (tertiary/aromatic N) is 4. The number of thiocarbonyl (C=S) groups is 1. The predicted octanol–water partition coefficient (Wildman–Crippen LogP) is 3.68. The minimum Gasteiger partial charge on any atom is -0.474 e. The number of rotatable bonds is 4. The molecule has 0 aliphatic carbocycles. The number of hydrogen-bond acceptors (Lipinski definition) is 7. The van der Waals surface area contributed by atoms with E-state index in [2.05, 4.69) is 0 Å². The topological polar surface area (TPSA) is 78.7 Å². The standard InChI is InChI=1S/C25H25FN4O5S/c1-27(25(36)33-2)22-15-30(24(32)35-22)17-7-8-19(18(26)14-17)28-9-11-29(12-10-28)23(31)21-13-16-5-3-4-6-20(16)34-21/h3-8,13-14,22H,9-12,15H2,1-2H3/t22-/m0/s1. The molecule has 2 amide bonds. The van der Waals surface area contributed by atoms with Crippen molar-refractivity contribution in [3.8, 4) is 0 Å². The Kier molecular flexibility index (Phi) is 6.40. The van der Waals surface area contributed by atoms with Crippen LogP contribution in [-0.4, -0.2) is 80.1 Å². The van der Waals surface area contributed by atoms with Crippen molar-refractivity contribution in [1.82, 2.24) is 9.80 Å². The van der Waals surface area contributed by atoms with E-state index in [0.29, 0.717) is 48.9 Å². The zero-order chi connectivity index (χ0) is 25.4. The maximum Gasteiger partial charge on any atom is 0.416 e. The van der Waals surface area contributed by atoms with Gasteiger partial charge in [-0.05, 0) is 42.5 Å². The highest BCUT2D eigenvalue weighted by Gasteiger charge is 2.36. The maximum absolute atomic E-state index is 15.1. The molecule has 2 aliphatic rings. The number of halogens is 1. The zero-order valence-corrected chi connectivity index (χ0v) is 20.7. The molecule has 5 rings (SSSR count). The van der Waals surface area contributed by atoms with Gasteiger partial charge in [0, 0.05) is 38.6 Å². The highest BCUT2D eigenvalue weighted by molar-refractivity contribution is 7.80. The fourth-order valence-electron chi connectivity index (χ4n) is 4.44. The average Bonchev–Trinajstić information content (AvgIpc) is 3.51. The number of carbonyl (C=O) groups is 2. The molecule has 0 saturated carbocycles. The molecule has 11 heteroatoms. The monoisotopic (exact) mass is 512 g/mol.